The lowest BCUT2D eigenvalue weighted by Gasteiger charge is -2.15. The van der Waals surface area contributed by atoms with Crippen LogP contribution in [-0.4, -0.2) is 50.9 Å². The first-order chi connectivity index (χ1) is 9.42. The highest BCUT2D eigenvalue weighted by atomic mass is 16.6. The van der Waals surface area contributed by atoms with Crippen molar-refractivity contribution >= 4 is 17.5 Å². The number of Topliss-reactive ketones (excluding diaryl/α,β-unsaturated/α-hetero) is 2. The summed E-state index contributed by atoms with van der Waals surface area (Å²) in [6.45, 7) is 3.74. The Morgan fingerprint density at radius 1 is 1.20 bits per heavy atom. The predicted octanol–water partition coefficient (Wildman–Crippen LogP) is 0.728. The highest BCUT2D eigenvalue weighted by Gasteiger charge is 2.22. The number of ether oxygens (including phenoxy) is 2. The zero-order valence-electron chi connectivity index (χ0n) is 12.7. The van der Waals surface area contributed by atoms with E-state index in [0.29, 0.717) is 13.0 Å². The molecule has 0 heterocycles. The van der Waals surface area contributed by atoms with Crippen LogP contribution in [0.2, 0.25) is 0 Å². The molecule has 6 nitrogen and oxygen atoms in total. The van der Waals surface area contributed by atoms with Crippen LogP contribution in [-0.2, 0) is 23.9 Å². The van der Waals surface area contributed by atoms with Gasteiger partial charge in [-0.3, -0.25) is 14.4 Å². The zero-order valence-corrected chi connectivity index (χ0v) is 12.7. The first kappa shape index (κ1) is 18.7. The van der Waals surface area contributed by atoms with Crippen molar-refractivity contribution < 1.29 is 23.9 Å². The van der Waals surface area contributed by atoms with E-state index in [2.05, 4.69) is 5.32 Å². The van der Waals surface area contributed by atoms with Crippen molar-refractivity contribution in [2.45, 2.75) is 39.2 Å². The average molecular weight is 287 g/mol. The van der Waals surface area contributed by atoms with Crippen LogP contribution >= 0.6 is 0 Å². The molecule has 0 rings (SSSR count). The Bertz CT molecular complexity index is 330. The van der Waals surface area contributed by atoms with Crippen LogP contribution in [0.4, 0.5) is 0 Å². The maximum atomic E-state index is 11.8. The highest BCUT2D eigenvalue weighted by Crippen LogP contribution is 2.15. The molecule has 0 aliphatic carbocycles. The van der Waals surface area contributed by atoms with Gasteiger partial charge in [0.1, 0.15) is 18.2 Å². The summed E-state index contributed by atoms with van der Waals surface area (Å²) in [6, 6.07) is -0.287. The number of rotatable bonds is 11. The van der Waals surface area contributed by atoms with E-state index >= 15 is 0 Å². The van der Waals surface area contributed by atoms with Crippen LogP contribution in [0, 0.1) is 5.92 Å². The van der Waals surface area contributed by atoms with Crippen molar-refractivity contribution in [3.8, 4) is 0 Å². The quantitative estimate of drug-likeness (QED) is 0.445. The van der Waals surface area contributed by atoms with E-state index in [4.69, 9.17) is 9.47 Å². The minimum atomic E-state index is -0.423. The van der Waals surface area contributed by atoms with Crippen molar-refractivity contribution in [1.82, 2.24) is 5.32 Å². The van der Waals surface area contributed by atoms with Crippen LogP contribution in [0.1, 0.15) is 33.1 Å². The minimum Gasteiger partial charge on any atom is -0.463 e. The monoisotopic (exact) mass is 287 g/mol. The largest absolute Gasteiger partial charge is 0.463 e. The lowest BCUT2D eigenvalue weighted by Crippen LogP contribution is -2.33. The Morgan fingerprint density at radius 3 is 2.35 bits per heavy atom. The number of carbonyl (C=O) groups excluding carboxylic acids is 3. The van der Waals surface area contributed by atoms with Gasteiger partial charge >= 0.3 is 5.97 Å². The van der Waals surface area contributed by atoms with Crippen molar-refractivity contribution in [1.29, 1.82) is 0 Å². The molecule has 20 heavy (non-hydrogen) atoms. The first-order valence-electron chi connectivity index (χ1n) is 6.77. The molecule has 0 aliphatic rings. The Labute approximate surface area is 120 Å². The lowest BCUT2D eigenvalue weighted by atomic mass is 9.91. The molecule has 0 spiro atoms. The molecule has 0 saturated carbocycles. The van der Waals surface area contributed by atoms with Gasteiger partial charge in [0.25, 0.3) is 0 Å². The fraction of sp³-hybridized carbons (Fsp3) is 0.786. The smallest absolute Gasteiger partial charge is 0.305 e. The van der Waals surface area contributed by atoms with E-state index in [-0.39, 0.29) is 43.0 Å². The molecule has 2 atom stereocenters. The van der Waals surface area contributed by atoms with Crippen LogP contribution in [0.25, 0.3) is 0 Å². The van der Waals surface area contributed by atoms with E-state index < -0.39 is 5.92 Å². The first-order valence-corrected chi connectivity index (χ1v) is 6.77. The number of esters is 1. The van der Waals surface area contributed by atoms with Gasteiger partial charge in [-0.1, -0.05) is 0 Å². The van der Waals surface area contributed by atoms with Crippen LogP contribution in [0.3, 0.4) is 0 Å². The second-order valence-electron chi connectivity index (χ2n) is 4.74. The number of ketones is 2. The number of nitrogens with one attached hydrogen (secondary N) is 1. The van der Waals surface area contributed by atoms with Crippen molar-refractivity contribution in [2.75, 3.05) is 27.4 Å². The van der Waals surface area contributed by atoms with Gasteiger partial charge in [0, 0.05) is 25.9 Å². The third-order valence-electron chi connectivity index (χ3n) is 3.19. The number of methoxy groups -OCH3 is 1. The second-order valence-corrected chi connectivity index (χ2v) is 4.74. The van der Waals surface area contributed by atoms with Crippen molar-refractivity contribution in [2.24, 2.45) is 5.92 Å². The molecule has 0 amide bonds. The molecule has 116 valence electrons. The van der Waals surface area contributed by atoms with Crippen molar-refractivity contribution in [3.63, 3.8) is 0 Å². The molecule has 1 unspecified atom stereocenters. The fourth-order valence-corrected chi connectivity index (χ4v) is 1.63. The summed E-state index contributed by atoms with van der Waals surface area (Å²) in [5, 5.41) is 2.84. The molecular weight excluding hydrogens is 262 g/mol. The van der Waals surface area contributed by atoms with Gasteiger partial charge in [-0.15, -0.1) is 0 Å². The highest BCUT2D eigenvalue weighted by molar-refractivity contribution is 5.89. The van der Waals surface area contributed by atoms with E-state index in [1.54, 1.807) is 14.0 Å². The van der Waals surface area contributed by atoms with Gasteiger partial charge in [-0.05, 0) is 27.3 Å². The topological polar surface area (TPSA) is 81.7 Å². The van der Waals surface area contributed by atoms with Gasteiger partial charge in [-0.25, -0.2) is 0 Å². The van der Waals surface area contributed by atoms with E-state index in [0.717, 1.165) is 0 Å². The standard InChI is InChI=1S/C14H25NO5/c1-10(15-3)13(17)9-12(11(2)16)5-6-14(18)20-8-7-19-4/h10,12,15H,5-9H2,1-4H3/t10-,12?/m0/s1. The summed E-state index contributed by atoms with van der Waals surface area (Å²) in [7, 11) is 3.21. The normalized spacial score (nSPS) is 13.6. The molecule has 0 aromatic heterocycles. The predicted molar refractivity (Wildman–Crippen MR) is 74.4 cm³/mol. The summed E-state index contributed by atoms with van der Waals surface area (Å²) in [4.78, 5) is 34.7. The summed E-state index contributed by atoms with van der Waals surface area (Å²) >= 11 is 0. The van der Waals surface area contributed by atoms with Gasteiger partial charge in [0.05, 0.1) is 12.6 Å². The summed E-state index contributed by atoms with van der Waals surface area (Å²) in [6.07, 6.45) is 0.626. The zero-order chi connectivity index (χ0) is 15.5. The second kappa shape index (κ2) is 10.5. The molecule has 0 aliphatic heterocycles. The summed E-state index contributed by atoms with van der Waals surface area (Å²) in [5.41, 5.74) is 0. The number of hydrogen-bond acceptors (Lipinski definition) is 6. The number of hydrogen-bond donors (Lipinski definition) is 1. The third-order valence-corrected chi connectivity index (χ3v) is 3.19. The fourth-order valence-electron chi connectivity index (χ4n) is 1.63. The molecule has 0 fully saturated rings. The van der Waals surface area contributed by atoms with Crippen LogP contribution in [0.5, 0.6) is 0 Å². The van der Waals surface area contributed by atoms with Gasteiger partial charge in [-0.2, -0.15) is 0 Å². The van der Waals surface area contributed by atoms with E-state index in [9.17, 15) is 14.4 Å². The Balaban J connectivity index is 4.18. The molecule has 0 aromatic carbocycles. The molecule has 0 saturated heterocycles. The van der Waals surface area contributed by atoms with Gasteiger partial charge in [0.2, 0.25) is 0 Å². The molecular formula is C14H25NO5. The third kappa shape index (κ3) is 8.01. The molecule has 0 bridgehead atoms. The van der Waals surface area contributed by atoms with E-state index in [1.165, 1.54) is 14.0 Å². The maximum absolute atomic E-state index is 11.8. The summed E-state index contributed by atoms with van der Waals surface area (Å²) in [5.74, 6) is -0.900. The van der Waals surface area contributed by atoms with Gasteiger partial charge < -0.3 is 14.8 Å². The van der Waals surface area contributed by atoms with E-state index in [1.807, 2.05) is 0 Å². The van der Waals surface area contributed by atoms with Crippen molar-refractivity contribution in [3.05, 3.63) is 0 Å². The number of likely N-dealkylation sites (N-methyl/N-ethyl adjacent to an activating group) is 1. The molecule has 0 aromatic rings. The average Bonchev–Trinajstić information content (AvgIpc) is 2.42. The molecule has 1 N–H and O–H groups in total. The Kier molecular flexibility index (Phi) is 9.84. The molecule has 6 heteroatoms. The van der Waals surface area contributed by atoms with Crippen LogP contribution < -0.4 is 5.32 Å². The Hall–Kier alpha value is -1.27. The lowest BCUT2D eigenvalue weighted by molar-refractivity contribution is -0.145. The maximum Gasteiger partial charge on any atom is 0.305 e. The number of carbonyl (C=O) groups is 3. The van der Waals surface area contributed by atoms with Gasteiger partial charge in [0.15, 0.2) is 0 Å². The minimum absolute atomic E-state index is 0.0274. The SMILES string of the molecule is CN[C@@H](C)C(=O)CC(CCC(=O)OCCOC)C(C)=O. The summed E-state index contributed by atoms with van der Waals surface area (Å²) < 4.78 is 9.68. The molecule has 0 radical (unpaired) electrons. The van der Waals surface area contributed by atoms with Crippen LogP contribution in [0.15, 0.2) is 0 Å². The Morgan fingerprint density at radius 2 is 1.85 bits per heavy atom.